The number of aliphatic carboxylic acids is 1. The molecular formula is C7H12NO7P. The Morgan fingerprint density at radius 2 is 2.00 bits per heavy atom. The predicted octanol–water partition coefficient (Wildman–Crippen LogP) is -0.759. The predicted molar refractivity (Wildman–Crippen MR) is 52.4 cm³/mol. The van der Waals surface area contributed by atoms with Gasteiger partial charge in [-0.15, -0.1) is 0 Å². The lowest BCUT2D eigenvalue weighted by Gasteiger charge is -2.14. The molecule has 8 nitrogen and oxygen atoms in total. The highest BCUT2D eigenvalue weighted by molar-refractivity contribution is 7.46. The topological polar surface area (TPSA) is 133 Å². The van der Waals surface area contributed by atoms with Crippen molar-refractivity contribution < 1.29 is 33.6 Å². The van der Waals surface area contributed by atoms with Crippen LogP contribution in [0.3, 0.4) is 0 Å². The quantitative estimate of drug-likeness (QED) is 0.361. The van der Waals surface area contributed by atoms with Gasteiger partial charge in [-0.05, 0) is 6.92 Å². The van der Waals surface area contributed by atoms with Gasteiger partial charge in [0, 0.05) is 5.57 Å². The molecular weight excluding hydrogens is 241 g/mol. The van der Waals surface area contributed by atoms with Crippen LogP contribution in [0.4, 0.5) is 0 Å². The Bertz CT molecular complexity index is 347. The second-order valence-electron chi connectivity index (χ2n) is 2.93. The number of rotatable bonds is 6. The van der Waals surface area contributed by atoms with Gasteiger partial charge in [0.1, 0.15) is 0 Å². The summed E-state index contributed by atoms with van der Waals surface area (Å²) in [6.07, 6.45) is 0. The molecule has 1 atom stereocenters. The van der Waals surface area contributed by atoms with E-state index in [0.717, 1.165) is 0 Å². The molecule has 1 unspecified atom stereocenters. The summed E-state index contributed by atoms with van der Waals surface area (Å²) in [6.45, 7) is 3.80. The fraction of sp³-hybridized carbons (Fsp3) is 0.429. The third-order valence-electron chi connectivity index (χ3n) is 1.40. The minimum atomic E-state index is -4.76. The molecule has 0 saturated heterocycles. The van der Waals surface area contributed by atoms with Crippen molar-refractivity contribution in [2.45, 2.75) is 13.0 Å². The molecule has 0 bridgehead atoms. The maximum Gasteiger partial charge on any atom is 0.469 e. The van der Waals surface area contributed by atoms with Gasteiger partial charge in [0.25, 0.3) is 0 Å². The highest BCUT2D eigenvalue weighted by atomic mass is 31.2. The van der Waals surface area contributed by atoms with Crippen molar-refractivity contribution in [2.75, 3.05) is 6.61 Å². The Morgan fingerprint density at radius 1 is 1.50 bits per heavy atom. The third-order valence-corrected chi connectivity index (χ3v) is 1.89. The van der Waals surface area contributed by atoms with Crippen LogP contribution in [-0.2, 0) is 18.7 Å². The molecule has 0 aromatic heterocycles. The number of amides is 1. The van der Waals surface area contributed by atoms with Crippen molar-refractivity contribution in [1.29, 1.82) is 0 Å². The molecule has 0 heterocycles. The van der Waals surface area contributed by atoms with Crippen molar-refractivity contribution in [3.05, 3.63) is 12.2 Å². The van der Waals surface area contributed by atoms with Gasteiger partial charge in [0.15, 0.2) is 6.04 Å². The number of phosphoric acid groups is 1. The van der Waals surface area contributed by atoms with Gasteiger partial charge in [-0.1, -0.05) is 6.58 Å². The number of hydrogen-bond acceptors (Lipinski definition) is 4. The second kappa shape index (κ2) is 5.76. The van der Waals surface area contributed by atoms with Crippen LogP contribution in [-0.4, -0.2) is 39.4 Å². The van der Waals surface area contributed by atoms with E-state index in [-0.39, 0.29) is 5.57 Å². The summed E-state index contributed by atoms with van der Waals surface area (Å²) < 4.78 is 14.3. The first-order valence-corrected chi connectivity index (χ1v) is 5.56. The van der Waals surface area contributed by atoms with Crippen molar-refractivity contribution in [3.63, 3.8) is 0 Å². The number of carbonyl (C=O) groups excluding carboxylic acids is 1. The number of carboxylic acid groups (broad SMARTS) is 1. The first-order valence-electron chi connectivity index (χ1n) is 4.02. The number of carboxylic acids is 1. The summed E-state index contributed by atoms with van der Waals surface area (Å²) in [5.74, 6) is -2.20. The van der Waals surface area contributed by atoms with Crippen LogP contribution >= 0.6 is 7.82 Å². The average molecular weight is 253 g/mol. The molecule has 16 heavy (non-hydrogen) atoms. The van der Waals surface area contributed by atoms with Crippen LogP contribution in [0.15, 0.2) is 12.2 Å². The van der Waals surface area contributed by atoms with Crippen LogP contribution in [0.5, 0.6) is 0 Å². The SMILES string of the molecule is C=C(C)C(=O)NC(COP(=O)(O)O)C(=O)O. The zero-order chi connectivity index (χ0) is 12.9. The maximum absolute atomic E-state index is 11.1. The Kier molecular flexibility index (Phi) is 5.32. The first-order chi connectivity index (χ1) is 7.13. The lowest BCUT2D eigenvalue weighted by molar-refractivity contribution is -0.142. The lowest BCUT2D eigenvalue weighted by Crippen LogP contribution is -2.44. The van der Waals surface area contributed by atoms with E-state index in [1.54, 1.807) is 0 Å². The molecule has 0 aromatic carbocycles. The Morgan fingerprint density at radius 3 is 2.31 bits per heavy atom. The molecule has 9 heteroatoms. The lowest BCUT2D eigenvalue weighted by atomic mass is 10.2. The Balaban J connectivity index is 4.41. The zero-order valence-electron chi connectivity index (χ0n) is 8.41. The van der Waals surface area contributed by atoms with Crippen molar-refractivity contribution >= 4 is 19.7 Å². The molecule has 0 aliphatic heterocycles. The summed E-state index contributed by atoms with van der Waals surface area (Å²) in [7, 11) is -4.76. The summed E-state index contributed by atoms with van der Waals surface area (Å²) in [6, 6.07) is -1.54. The van der Waals surface area contributed by atoms with Crippen LogP contribution < -0.4 is 5.32 Å². The highest BCUT2D eigenvalue weighted by Crippen LogP contribution is 2.35. The maximum atomic E-state index is 11.1. The van der Waals surface area contributed by atoms with Gasteiger partial charge in [-0.3, -0.25) is 9.32 Å². The minimum absolute atomic E-state index is 0.0717. The van der Waals surface area contributed by atoms with Crippen LogP contribution in [0.25, 0.3) is 0 Å². The van der Waals surface area contributed by atoms with Crippen molar-refractivity contribution in [2.24, 2.45) is 0 Å². The van der Waals surface area contributed by atoms with E-state index in [0.29, 0.717) is 0 Å². The van der Waals surface area contributed by atoms with E-state index >= 15 is 0 Å². The smallest absolute Gasteiger partial charge is 0.469 e. The van der Waals surface area contributed by atoms with Gasteiger partial charge in [0.05, 0.1) is 6.61 Å². The van der Waals surface area contributed by atoms with E-state index < -0.39 is 32.3 Å². The summed E-state index contributed by atoms with van der Waals surface area (Å²) in [4.78, 5) is 38.4. The molecule has 4 N–H and O–H groups in total. The normalized spacial score (nSPS) is 12.9. The molecule has 0 aliphatic carbocycles. The molecule has 0 aromatic rings. The van der Waals surface area contributed by atoms with Gasteiger partial charge in [-0.2, -0.15) is 0 Å². The standard InChI is InChI=1S/C7H12NO7P/c1-4(2)6(9)8-5(7(10)11)3-15-16(12,13)14/h5H,1,3H2,2H3,(H,8,9)(H,10,11)(H2,12,13,14). The van der Waals surface area contributed by atoms with Crippen LogP contribution in [0, 0.1) is 0 Å². The third kappa shape index (κ3) is 6.31. The molecule has 0 spiro atoms. The Labute approximate surface area is 91.2 Å². The fourth-order valence-electron chi connectivity index (χ4n) is 0.628. The summed E-state index contributed by atoms with van der Waals surface area (Å²) >= 11 is 0. The highest BCUT2D eigenvalue weighted by Gasteiger charge is 2.24. The van der Waals surface area contributed by atoms with E-state index in [1.165, 1.54) is 6.92 Å². The van der Waals surface area contributed by atoms with Crippen molar-refractivity contribution in [1.82, 2.24) is 5.32 Å². The van der Waals surface area contributed by atoms with Crippen molar-refractivity contribution in [3.8, 4) is 0 Å². The van der Waals surface area contributed by atoms with Crippen LogP contribution in [0.1, 0.15) is 6.92 Å². The molecule has 92 valence electrons. The van der Waals surface area contributed by atoms with Gasteiger partial charge >= 0.3 is 13.8 Å². The van der Waals surface area contributed by atoms with E-state index in [4.69, 9.17) is 14.9 Å². The van der Waals surface area contributed by atoms with E-state index in [1.807, 2.05) is 5.32 Å². The van der Waals surface area contributed by atoms with Crippen LogP contribution in [0.2, 0.25) is 0 Å². The molecule has 0 saturated carbocycles. The molecule has 0 aliphatic rings. The minimum Gasteiger partial charge on any atom is -0.480 e. The molecule has 0 fully saturated rings. The van der Waals surface area contributed by atoms with Gasteiger partial charge < -0.3 is 20.2 Å². The monoisotopic (exact) mass is 253 g/mol. The van der Waals surface area contributed by atoms with E-state index in [2.05, 4.69) is 11.1 Å². The molecule has 0 radical (unpaired) electrons. The second-order valence-corrected chi connectivity index (χ2v) is 4.17. The number of nitrogens with one attached hydrogen (secondary N) is 1. The number of hydrogen-bond donors (Lipinski definition) is 4. The van der Waals surface area contributed by atoms with Gasteiger partial charge in [0.2, 0.25) is 5.91 Å². The van der Waals surface area contributed by atoms with Gasteiger partial charge in [-0.25, -0.2) is 9.36 Å². The average Bonchev–Trinajstić information content (AvgIpc) is 2.09. The largest absolute Gasteiger partial charge is 0.480 e. The zero-order valence-corrected chi connectivity index (χ0v) is 9.31. The first kappa shape index (κ1) is 14.8. The van der Waals surface area contributed by atoms with E-state index in [9.17, 15) is 14.2 Å². The summed E-state index contributed by atoms with van der Waals surface area (Å²) in [5, 5.41) is 10.6. The number of carbonyl (C=O) groups is 2. The number of phosphoric ester groups is 1. The molecule has 0 rings (SSSR count). The summed E-state index contributed by atoms with van der Waals surface area (Å²) in [5.41, 5.74) is 0.0717. The fourth-order valence-corrected chi connectivity index (χ4v) is 0.971. The molecule has 1 amide bonds. The Hall–Kier alpha value is -1.21.